The topological polar surface area (TPSA) is 43.0 Å². The van der Waals surface area contributed by atoms with Crippen molar-refractivity contribution in [2.45, 2.75) is 52.3 Å². The van der Waals surface area contributed by atoms with Crippen molar-refractivity contribution in [2.75, 3.05) is 0 Å². The summed E-state index contributed by atoms with van der Waals surface area (Å²) in [4.78, 5) is 0. The van der Waals surface area contributed by atoms with Crippen molar-refractivity contribution >= 4 is 0 Å². The predicted molar refractivity (Wildman–Crippen MR) is 74.1 cm³/mol. The Morgan fingerprint density at radius 1 is 1.42 bits per heavy atom. The lowest BCUT2D eigenvalue weighted by Crippen LogP contribution is -2.06. The number of rotatable bonds is 3. The lowest BCUT2D eigenvalue weighted by molar-refractivity contribution is 0.157. The van der Waals surface area contributed by atoms with Crippen LogP contribution in [0.25, 0.3) is 0 Å². The highest BCUT2D eigenvalue weighted by Gasteiger charge is 2.20. The molecule has 4 heteroatoms. The first-order valence-electron chi connectivity index (χ1n) is 7.07. The van der Waals surface area contributed by atoms with Crippen molar-refractivity contribution < 1.29 is 5.11 Å². The van der Waals surface area contributed by atoms with E-state index in [0.29, 0.717) is 0 Å². The van der Waals surface area contributed by atoms with E-state index in [4.69, 9.17) is 0 Å². The molecular weight excluding hydrogens is 238 g/mol. The number of aromatic nitrogens is 3. The number of nitrogens with zero attached hydrogens (tertiary/aromatic N) is 3. The predicted octanol–water partition coefficient (Wildman–Crippen LogP) is 2.43. The highest BCUT2D eigenvalue weighted by molar-refractivity contribution is 5.29. The Labute approximate surface area is 113 Å². The summed E-state index contributed by atoms with van der Waals surface area (Å²) in [7, 11) is 0. The van der Waals surface area contributed by atoms with E-state index in [1.165, 1.54) is 11.3 Å². The maximum absolute atomic E-state index is 10.0. The molecule has 2 aromatic heterocycles. The normalized spacial score (nSPS) is 18.6. The average molecular weight is 259 g/mol. The van der Waals surface area contributed by atoms with Gasteiger partial charge in [-0.1, -0.05) is 0 Å². The van der Waals surface area contributed by atoms with Gasteiger partial charge >= 0.3 is 0 Å². The van der Waals surface area contributed by atoms with Crippen LogP contribution in [0.2, 0.25) is 0 Å². The molecule has 0 saturated heterocycles. The Bertz CT molecular complexity index is 582. The van der Waals surface area contributed by atoms with Crippen LogP contribution in [0.1, 0.15) is 48.4 Å². The van der Waals surface area contributed by atoms with Crippen LogP contribution in [-0.4, -0.2) is 19.5 Å². The van der Waals surface area contributed by atoms with Gasteiger partial charge in [-0.2, -0.15) is 5.10 Å². The first kappa shape index (κ1) is 12.5. The fraction of sp³-hybridized carbons (Fsp3) is 0.533. The molecule has 0 bridgehead atoms. The molecule has 3 rings (SSSR count). The molecule has 0 radical (unpaired) electrons. The van der Waals surface area contributed by atoms with Gasteiger partial charge in [-0.25, -0.2) is 0 Å². The molecule has 1 unspecified atom stereocenters. The molecule has 0 aromatic carbocycles. The second-order valence-corrected chi connectivity index (χ2v) is 5.41. The standard InChI is InChI=1S/C15H21N3O/c1-3-18-13(7-11(2)16-18)9-17-8-12-5-4-6-15(19)14(12)10-17/h7-8,10,15,19H,3-6,9H2,1-2H3. The van der Waals surface area contributed by atoms with Crippen LogP contribution >= 0.6 is 0 Å². The molecule has 1 aliphatic carbocycles. The monoisotopic (exact) mass is 259 g/mol. The molecule has 0 aliphatic heterocycles. The Kier molecular flexibility index (Phi) is 3.19. The second kappa shape index (κ2) is 4.85. The summed E-state index contributed by atoms with van der Waals surface area (Å²) in [5.74, 6) is 0. The van der Waals surface area contributed by atoms with Gasteiger partial charge in [0.1, 0.15) is 0 Å². The van der Waals surface area contributed by atoms with Gasteiger partial charge in [0.25, 0.3) is 0 Å². The van der Waals surface area contributed by atoms with Crippen molar-refractivity contribution in [3.8, 4) is 0 Å². The van der Waals surface area contributed by atoms with Gasteiger partial charge in [-0.05, 0) is 44.7 Å². The summed E-state index contributed by atoms with van der Waals surface area (Å²) in [6.07, 6.45) is 7.07. The molecule has 0 saturated carbocycles. The van der Waals surface area contributed by atoms with Crippen molar-refractivity contribution in [3.63, 3.8) is 0 Å². The minimum atomic E-state index is -0.275. The summed E-state index contributed by atoms with van der Waals surface area (Å²) < 4.78 is 4.23. The van der Waals surface area contributed by atoms with E-state index in [1.807, 2.05) is 11.6 Å². The zero-order chi connectivity index (χ0) is 13.4. The van der Waals surface area contributed by atoms with Gasteiger partial charge < -0.3 is 9.67 Å². The van der Waals surface area contributed by atoms with Gasteiger partial charge in [-0.15, -0.1) is 0 Å². The van der Waals surface area contributed by atoms with E-state index < -0.39 is 0 Å². The maximum atomic E-state index is 10.0. The highest BCUT2D eigenvalue weighted by Crippen LogP contribution is 2.30. The Morgan fingerprint density at radius 2 is 2.26 bits per heavy atom. The molecule has 2 aromatic rings. The van der Waals surface area contributed by atoms with E-state index in [0.717, 1.165) is 43.6 Å². The Morgan fingerprint density at radius 3 is 3.00 bits per heavy atom. The van der Waals surface area contributed by atoms with E-state index in [2.05, 4.69) is 35.0 Å². The number of fused-ring (bicyclic) bond motifs is 1. The minimum absolute atomic E-state index is 0.275. The van der Waals surface area contributed by atoms with Crippen LogP contribution in [0.4, 0.5) is 0 Å². The quantitative estimate of drug-likeness (QED) is 0.920. The average Bonchev–Trinajstić information content (AvgIpc) is 2.94. The molecule has 1 atom stereocenters. The number of aliphatic hydroxyl groups excluding tert-OH is 1. The highest BCUT2D eigenvalue weighted by atomic mass is 16.3. The molecule has 1 N–H and O–H groups in total. The van der Waals surface area contributed by atoms with Crippen LogP contribution in [0.15, 0.2) is 18.5 Å². The molecule has 0 spiro atoms. The Hall–Kier alpha value is -1.55. The lowest BCUT2D eigenvalue weighted by atomic mass is 9.93. The first-order valence-corrected chi connectivity index (χ1v) is 7.07. The van der Waals surface area contributed by atoms with Crippen molar-refractivity contribution in [1.82, 2.24) is 14.3 Å². The van der Waals surface area contributed by atoms with E-state index >= 15 is 0 Å². The molecule has 4 nitrogen and oxygen atoms in total. The molecule has 102 valence electrons. The largest absolute Gasteiger partial charge is 0.388 e. The summed E-state index contributed by atoms with van der Waals surface area (Å²) in [6.45, 7) is 5.86. The van der Waals surface area contributed by atoms with Crippen LogP contribution in [-0.2, 0) is 19.5 Å². The number of aryl methyl sites for hydroxylation is 3. The maximum Gasteiger partial charge on any atom is 0.0807 e. The molecule has 0 amide bonds. The fourth-order valence-corrected chi connectivity index (χ4v) is 3.00. The van der Waals surface area contributed by atoms with Crippen molar-refractivity contribution in [3.05, 3.63) is 41.0 Å². The number of hydrogen-bond acceptors (Lipinski definition) is 2. The van der Waals surface area contributed by atoms with E-state index in [1.54, 1.807) is 0 Å². The third-order valence-corrected chi connectivity index (χ3v) is 3.91. The molecule has 0 fully saturated rings. The summed E-state index contributed by atoms with van der Waals surface area (Å²) in [6, 6.07) is 2.14. The van der Waals surface area contributed by atoms with Crippen molar-refractivity contribution in [2.24, 2.45) is 0 Å². The van der Waals surface area contributed by atoms with Gasteiger partial charge in [0.15, 0.2) is 0 Å². The van der Waals surface area contributed by atoms with Crippen LogP contribution in [0, 0.1) is 6.92 Å². The van der Waals surface area contributed by atoms with Crippen molar-refractivity contribution in [1.29, 1.82) is 0 Å². The van der Waals surface area contributed by atoms with Crippen LogP contribution in [0.5, 0.6) is 0 Å². The Balaban J connectivity index is 1.87. The zero-order valence-corrected chi connectivity index (χ0v) is 11.6. The van der Waals surface area contributed by atoms with Gasteiger partial charge in [0.05, 0.1) is 24.0 Å². The third-order valence-electron chi connectivity index (χ3n) is 3.91. The first-order chi connectivity index (χ1) is 9.17. The summed E-state index contributed by atoms with van der Waals surface area (Å²) >= 11 is 0. The van der Waals surface area contributed by atoms with Crippen LogP contribution < -0.4 is 0 Å². The van der Waals surface area contributed by atoms with Gasteiger partial charge in [-0.3, -0.25) is 4.68 Å². The smallest absolute Gasteiger partial charge is 0.0807 e. The SMILES string of the molecule is CCn1nc(C)cc1Cn1cc2c(c1)C(O)CCC2. The second-order valence-electron chi connectivity index (χ2n) is 5.41. The summed E-state index contributed by atoms with van der Waals surface area (Å²) in [5, 5.41) is 14.5. The van der Waals surface area contributed by atoms with E-state index in [-0.39, 0.29) is 6.10 Å². The molecule has 2 heterocycles. The molecule has 19 heavy (non-hydrogen) atoms. The molecular formula is C15H21N3O. The van der Waals surface area contributed by atoms with Gasteiger partial charge in [0, 0.05) is 24.5 Å². The zero-order valence-electron chi connectivity index (χ0n) is 11.6. The van der Waals surface area contributed by atoms with Crippen LogP contribution in [0.3, 0.4) is 0 Å². The third kappa shape index (κ3) is 2.32. The lowest BCUT2D eigenvalue weighted by Gasteiger charge is -2.16. The number of hydrogen-bond donors (Lipinski definition) is 1. The fourth-order valence-electron chi connectivity index (χ4n) is 3.00. The minimum Gasteiger partial charge on any atom is -0.388 e. The van der Waals surface area contributed by atoms with E-state index in [9.17, 15) is 5.11 Å². The summed E-state index contributed by atoms with van der Waals surface area (Å²) in [5.41, 5.74) is 4.71. The number of aliphatic hydroxyl groups is 1. The van der Waals surface area contributed by atoms with Gasteiger partial charge in [0.2, 0.25) is 0 Å². The molecule has 1 aliphatic rings.